The fraction of sp³-hybridized carbons (Fsp3) is 0.250. The molecule has 0 fully saturated rings. The van der Waals surface area contributed by atoms with Gasteiger partial charge in [-0.25, -0.2) is 0 Å². The molecule has 0 saturated heterocycles. The maximum atomic E-state index is 4.69. The molecule has 0 aliphatic heterocycles. The average Bonchev–Trinajstić information content (AvgIpc) is 2.54. The Kier molecular flexibility index (Phi) is 5.16. The normalized spacial score (nSPS) is 11.2. The van der Waals surface area contributed by atoms with Crippen LogP contribution in [0.2, 0.25) is 0 Å². The Labute approximate surface area is 146 Å². The molecule has 22 heavy (non-hydrogen) atoms. The number of nitrogens with zero attached hydrogens (tertiary/aromatic N) is 1. The van der Waals surface area contributed by atoms with Crippen molar-refractivity contribution in [2.75, 3.05) is 0 Å². The molecular formula is C20H20IrN-. The first-order valence-electron chi connectivity index (χ1n) is 7.49. The van der Waals surface area contributed by atoms with Crippen LogP contribution in [0.4, 0.5) is 0 Å². The summed E-state index contributed by atoms with van der Waals surface area (Å²) in [6.45, 7) is 6.62. The maximum Gasteiger partial charge on any atom is 0.0560 e. The largest absolute Gasteiger partial charge is 0.260 e. The first-order chi connectivity index (χ1) is 10.1. The molecule has 0 unspecified atom stereocenters. The molecule has 2 heteroatoms. The van der Waals surface area contributed by atoms with Gasteiger partial charge in [0.1, 0.15) is 0 Å². The van der Waals surface area contributed by atoms with Crippen molar-refractivity contribution in [3.63, 3.8) is 0 Å². The molecule has 3 aromatic rings. The van der Waals surface area contributed by atoms with Gasteiger partial charge in [0.05, 0.1) is 5.69 Å². The number of fused-ring (bicyclic) bond motifs is 1. The zero-order chi connectivity index (χ0) is 14.9. The second kappa shape index (κ2) is 6.73. The van der Waals surface area contributed by atoms with Gasteiger partial charge in [0, 0.05) is 37.1 Å². The Balaban J connectivity index is 0.00000176. The van der Waals surface area contributed by atoms with Gasteiger partial charge in [0.25, 0.3) is 0 Å². The molecule has 0 N–H and O–H groups in total. The van der Waals surface area contributed by atoms with E-state index in [4.69, 9.17) is 4.98 Å². The Morgan fingerprint density at radius 3 is 2.55 bits per heavy atom. The van der Waals surface area contributed by atoms with Gasteiger partial charge in [-0.15, -0.1) is 0 Å². The third kappa shape index (κ3) is 2.99. The number of pyridine rings is 1. The van der Waals surface area contributed by atoms with Crippen LogP contribution in [0, 0.1) is 6.07 Å². The van der Waals surface area contributed by atoms with Crippen LogP contribution in [0.3, 0.4) is 0 Å². The first-order valence-corrected chi connectivity index (χ1v) is 7.49. The molecule has 0 saturated carbocycles. The van der Waals surface area contributed by atoms with Gasteiger partial charge in [0.2, 0.25) is 0 Å². The molecule has 1 nitrogen and oxygen atoms in total. The first kappa shape index (κ1) is 16.9. The summed E-state index contributed by atoms with van der Waals surface area (Å²) in [7, 11) is 0. The van der Waals surface area contributed by atoms with E-state index in [1.54, 1.807) is 0 Å². The smallest absolute Gasteiger partial charge is 0.0560 e. The fourth-order valence-electron chi connectivity index (χ4n) is 2.83. The third-order valence-corrected chi connectivity index (χ3v) is 4.18. The minimum Gasteiger partial charge on any atom is -0.260 e. The summed E-state index contributed by atoms with van der Waals surface area (Å²) in [6, 6.07) is 20.5. The van der Waals surface area contributed by atoms with Gasteiger partial charge < -0.3 is 0 Å². The summed E-state index contributed by atoms with van der Waals surface area (Å²) in [6.07, 6.45) is 2.91. The average molecular weight is 467 g/mol. The minimum absolute atomic E-state index is 0. The number of aryl methyl sites for hydroxylation is 1. The molecule has 2 aromatic carbocycles. The monoisotopic (exact) mass is 467 g/mol. The molecule has 0 atom stereocenters. The molecule has 1 radical (unpaired) electrons. The van der Waals surface area contributed by atoms with Gasteiger partial charge in [-0.05, 0) is 11.5 Å². The predicted molar refractivity (Wildman–Crippen MR) is 88.5 cm³/mol. The molecule has 0 aliphatic carbocycles. The molecule has 115 valence electrons. The van der Waals surface area contributed by atoms with Crippen LogP contribution in [0.15, 0.2) is 54.7 Å². The summed E-state index contributed by atoms with van der Waals surface area (Å²) in [5.74, 6) is 0. The number of hydrogen-bond donors (Lipinski definition) is 0. The number of aromatic nitrogens is 1. The third-order valence-electron chi connectivity index (χ3n) is 4.18. The maximum absolute atomic E-state index is 4.69. The summed E-state index contributed by atoms with van der Waals surface area (Å²) in [5.41, 5.74) is 3.41. The van der Waals surface area contributed by atoms with Crippen molar-refractivity contribution in [1.29, 1.82) is 0 Å². The van der Waals surface area contributed by atoms with Crippen molar-refractivity contribution in [2.45, 2.75) is 32.6 Å². The molecule has 0 aliphatic rings. The quantitative estimate of drug-likeness (QED) is 0.500. The zero-order valence-corrected chi connectivity index (χ0v) is 15.6. The standard InChI is InChI=1S/C20H20N.Ir/c1-4-15-8-7-10-17(14-15)20(2,3)19-18-11-6-5-9-16(18)12-13-21-19;/h5-13H,4H2,1-3H3;/q-1;. The Morgan fingerprint density at radius 1 is 1.00 bits per heavy atom. The zero-order valence-electron chi connectivity index (χ0n) is 13.2. The van der Waals surface area contributed by atoms with Crippen molar-refractivity contribution < 1.29 is 20.1 Å². The van der Waals surface area contributed by atoms with E-state index in [2.05, 4.69) is 75.4 Å². The SMILES string of the molecule is CCc1[c-]c(C(C)(C)c2nccc3ccccc23)ccc1.[Ir]. The second-order valence-electron chi connectivity index (χ2n) is 5.95. The van der Waals surface area contributed by atoms with Crippen LogP contribution in [-0.2, 0) is 31.9 Å². The van der Waals surface area contributed by atoms with E-state index in [1.807, 2.05) is 6.20 Å². The van der Waals surface area contributed by atoms with Gasteiger partial charge in [-0.2, -0.15) is 35.4 Å². The molecule has 0 spiro atoms. The second-order valence-corrected chi connectivity index (χ2v) is 5.95. The Bertz CT molecular complexity index is 772. The number of rotatable bonds is 3. The molecular weight excluding hydrogens is 446 g/mol. The van der Waals surface area contributed by atoms with Crippen molar-refractivity contribution in [2.24, 2.45) is 0 Å². The Hall–Kier alpha value is -1.50. The minimum atomic E-state index is -0.161. The van der Waals surface area contributed by atoms with Crippen molar-refractivity contribution in [3.8, 4) is 0 Å². The van der Waals surface area contributed by atoms with Gasteiger partial charge >= 0.3 is 0 Å². The van der Waals surface area contributed by atoms with Crippen LogP contribution < -0.4 is 0 Å². The Morgan fingerprint density at radius 2 is 1.77 bits per heavy atom. The molecule has 3 rings (SSSR count). The van der Waals surface area contributed by atoms with Gasteiger partial charge in [0.15, 0.2) is 0 Å². The van der Waals surface area contributed by atoms with Crippen LogP contribution in [0.5, 0.6) is 0 Å². The van der Waals surface area contributed by atoms with Gasteiger partial charge in [-0.3, -0.25) is 4.98 Å². The predicted octanol–water partition coefficient (Wildman–Crippen LogP) is 4.92. The number of benzene rings is 2. The van der Waals surface area contributed by atoms with Crippen molar-refractivity contribution in [1.82, 2.24) is 4.98 Å². The molecule has 0 amide bonds. The fourth-order valence-corrected chi connectivity index (χ4v) is 2.83. The molecule has 1 heterocycles. The van der Waals surface area contributed by atoms with Crippen molar-refractivity contribution in [3.05, 3.63) is 77.6 Å². The van der Waals surface area contributed by atoms with Crippen LogP contribution in [0.25, 0.3) is 10.8 Å². The van der Waals surface area contributed by atoms with E-state index in [0.29, 0.717) is 0 Å². The molecule has 0 bridgehead atoms. The van der Waals surface area contributed by atoms with E-state index < -0.39 is 0 Å². The van der Waals surface area contributed by atoms with Gasteiger partial charge in [-0.1, -0.05) is 51.5 Å². The van der Waals surface area contributed by atoms with Crippen molar-refractivity contribution >= 4 is 10.8 Å². The van der Waals surface area contributed by atoms with Crippen LogP contribution in [0.1, 0.15) is 37.6 Å². The summed E-state index contributed by atoms with van der Waals surface area (Å²) >= 11 is 0. The molecule has 1 aromatic heterocycles. The van der Waals surface area contributed by atoms with Crippen LogP contribution in [-0.4, -0.2) is 4.98 Å². The van der Waals surface area contributed by atoms with Crippen LogP contribution >= 0.6 is 0 Å². The van der Waals surface area contributed by atoms with E-state index in [0.717, 1.165) is 12.1 Å². The summed E-state index contributed by atoms with van der Waals surface area (Å²) < 4.78 is 0. The van der Waals surface area contributed by atoms with E-state index in [-0.39, 0.29) is 25.5 Å². The summed E-state index contributed by atoms with van der Waals surface area (Å²) in [4.78, 5) is 4.69. The van der Waals surface area contributed by atoms with E-state index in [9.17, 15) is 0 Å². The topological polar surface area (TPSA) is 12.9 Å². The number of hydrogen-bond acceptors (Lipinski definition) is 1. The van der Waals surface area contributed by atoms with E-state index in [1.165, 1.54) is 21.9 Å². The van der Waals surface area contributed by atoms with E-state index >= 15 is 0 Å². The summed E-state index contributed by atoms with van der Waals surface area (Å²) in [5, 5.41) is 2.46.